The summed E-state index contributed by atoms with van der Waals surface area (Å²) in [5, 5.41) is 0. The van der Waals surface area contributed by atoms with Crippen molar-refractivity contribution in [3.8, 4) is 0 Å². The quantitative estimate of drug-likeness (QED) is 0.738. The largest absolute Gasteiger partial charge is 0.385 e. The molecule has 0 aromatic heterocycles. The molecule has 0 fully saturated rings. The van der Waals surface area contributed by atoms with Gasteiger partial charge in [-0.25, -0.2) is 4.39 Å². The topological polar surface area (TPSA) is 38.5 Å². The Balaban J connectivity index is 2.54. The number of rotatable bonds is 7. The van der Waals surface area contributed by atoms with Crippen LogP contribution in [0.25, 0.3) is 0 Å². The van der Waals surface area contributed by atoms with Crippen molar-refractivity contribution < 1.29 is 9.13 Å². The number of methoxy groups -OCH3 is 1. The first-order chi connectivity index (χ1) is 8.17. The van der Waals surface area contributed by atoms with Gasteiger partial charge in [-0.2, -0.15) is 0 Å². The fraction of sp³-hybridized carbons (Fsp3) is 0.538. The van der Waals surface area contributed by atoms with Gasteiger partial charge in [0.1, 0.15) is 5.82 Å². The lowest BCUT2D eigenvalue weighted by Gasteiger charge is -2.17. The van der Waals surface area contributed by atoms with Crippen LogP contribution >= 0.6 is 0 Å². The molecule has 0 saturated heterocycles. The molecule has 1 rings (SSSR count). The van der Waals surface area contributed by atoms with E-state index in [2.05, 4.69) is 4.90 Å². The van der Waals surface area contributed by atoms with Crippen LogP contribution in [0.15, 0.2) is 18.2 Å². The van der Waals surface area contributed by atoms with Gasteiger partial charge in [-0.3, -0.25) is 0 Å². The van der Waals surface area contributed by atoms with Gasteiger partial charge in [-0.05, 0) is 25.1 Å². The molecule has 1 aromatic carbocycles. The molecular weight excluding hydrogens is 219 g/mol. The lowest BCUT2D eigenvalue weighted by molar-refractivity contribution is 0.178. The second-order valence-electron chi connectivity index (χ2n) is 4.21. The zero-order chi connectivity index (χ0) is 12.7. The van der Waals surface area contributed by atoms with Gasteiger partial charge in [-0.15, -0.1) is 0 Å². The number of nitrogens with two attached hydrogens (primary N) is 1. The first kappa shape index (κ1) is 14.1. The fourth-order valence-corrected chi connectivity index (χ4v) is 1.72. The Morgan fingerprint density at radius 2 is 2.18 bits per heavy atom. The summed E-state index contributed by atoms with van der Waals surface area (Å²) in [5.74, 6) is -0.166. The van der Waals surface area contributed by atoms with E-state index in [1.807, 2.05) is 13.1 Å². The van der Waals surface area contributed by atoms with Gasteiger partial charge in [-0.1, -0.05) is 12.1 Å². The molecule has 17 heavy (non-hydrogen) atoms. The van der Waals surface area contributed by atoms with E-state index < -0.39 is 0 Å². The molecule has 1 aromatic rings. The molecule has 0 heterocycles. The highest BCUT2D eigenvalue weighted by Gasteiger charge is 2.06. The summed E-state index contributed by atoms with van der Waals surface area (Å²) >= 11 is 0. The highest BCUT2D eigenvalue weighted by molar-refractivity contribution is 5.24. The van der Waals surface area contributed by atoms with Gasteiger partial charge in [0, 0.05) is 38.9 Å². The Bertz CT molecular complexity index is 344. The van der Waals surface area contributed by atoms with Crippen LogP contribution in [-0.2, 0) is 17.8 Å². The zero-order valence-corrected chi connectivity index (χ0v) is 10.6. The van der Waals surface area contributed by atoms with Gasteiger partial charge in [0.25, 0.3) is 0 Å². The maximum atomic E-state index is 13.6. The number of hydrogen-bond donors (Lipinski definition) is 1. The standard InChI is InChI=1S/C13H21FN2O/c1-16(6-3-7-17-2)10-12-8-11(9-15)4-5-13(12)14/h4-5,8H,3,6-7,9-10,15H2,1-2H3. The molecule has 0 saturated carbocycles. The molecule has 0 unspecified atom stereocenters. The maximum Gasteiger partial charge on any atom is 0.127 e. The SMILES string of the molecule is COCCCN(C)Cc1cc(CN)ccc1F. The number of hydrogen-bond acceptors (Lipinski definition) is 3. The van der Waals surface area contributed by atoms with E-state index in [4.69, 9.17) is 10.5 Å². The molecule has 4 heteroatoms. The average molecular weight is 240 g/mol. The smallest absolute Gasteiger partial charge is 0.127 e. The summed E-state index contributed by atoms with van der Waals surface area (Å²) in [6.45, 7) is 2.67. The summed E-state index contributed by atoms with van der Waals surface area (Å²) in [7, 11) is 3.66. The van der Waals surface area contributed by atoms with Crippen LogP contribution in [0, 0.1) is 5.82 Å². The van der Waals surface area contributed by atoms with Crippen molar-refractivity contribution in [2.45, 2.75) is 19.5 Å². The van der Waals surface area contributed by atoms with Crippen LogP contribution in [0.2, 0.25) is 0 Å². The molecule has 3 nitrogen and oxygen atoms in total. The monoisotopic (exact) mass is 240 g/mol. The summed E-state index contributed by atoms with van der Waals surface area (Å²) in [6, 6.07) is 5.05. The maximum absolute atomic E-state index is 13.6. The third-order valence-corrected chi connectivity index (χ3v) is 2.67. The van der Waals surface area contributed by atoms with Crippen molar-refractivity contribution in [1.82, 2.24) is 4.90 Å². The molecule has 0 radical (unpaired) electrons. The third-order valence-electron chi connectivity index (χ3n) is 2.67. The van der Waals surface area contributed by atoms with Crippen molar-refractivity contribution in [2.75, 3.05) is 27.3 Å². The lowest BCUT2D eigenvalue weighted by atomic mass is 10.1. The van der Waals surface area contributed by atoms with E-state index in [-0.39, 0.29) is 5.82 Å². The molecule has 0 atom stereocenters. The fourth-order valence-electron chi connectivity index (χ4n) is 1.72. The minimum atomic E-state index is -0.166. The second kappa shape index (κ2) is 7.37. The van der Waals surface area contributed by atoms with Gasteiger partial charge >= 0.3 is 0 Å². The molecule has 0 spiro atoms. The van der Waals surface area contributed by atoms with Crippen LogP contribution in [0.4, 0.5) is 4.39 Å². The van der Waals surface area contributed by atoms with Crippen molar-refractivity contribution in [3.05, 3.63) is 35.1 Å². The van der Waals surface area contributed by atoms with E-state index in [0.29, 0.717) is 18.7 Å². The average Bonchev–Trinajstić information content (AvgIpc) is 2.32. The predicted molar refractivity (Wildman–Crippen MR) is 67.1 cm³/mol. The molecule has 0 aliphatic heterocycles. The first-order valence-electron chi connectivity index (χ1n) is 5.82. The number of ether oxygens (including phenoxy) is 1. The molecule has 96 valence electrons. The lowest BCUT2D eigenvalue weighted by Crippen LogP contribution is -2.21. The van der Waals surface area contributed by atoms with E-state index in [1.54, 1.807) is 13.2 Å². The van der Waals surface area contributed by atoms with Crippen LogP contribution < -0.4 is 5.73 Å². The normalized spacial score (nSPS) is 11.1. The highest BCUT2D eigenvalue weighted by atomic mass is 19.1. The number of nitrogens with zero attached hydrogens (tertiary/aromatic N) is 1. The van der Waals surface area contributed by atoms with Gasteiger partial charge in [0.15, 0.2) is 0 Å². The molecule has 0 amide bonds. The van der Waals surface area contributed by atoms with E-state index >= 15 is 0 Å². The Labute approximate surface area is 102 Å². The molecule has 2 N–H and O–H groups in total. The first-order valence-corrected chi connectivity index (χ1v) is 5.82. The number of halogens is 1. The molecule has 0 bridgehead atoms. The van der Waals surface area contributed by atoms with Crippen molar-refractivity contribution in [1.29, 1.82) is 0 Å². The van der Waals surface area contributed by atoms with Crippen LogP contribution in [-0.4, -0.2) is 32.2 Å². The third kappa shape index (κ3) is 4.81. The van der Waals surface area contributed by atoms with Crippen LogP contribution in [0.5, 0.6) is 0 Å². The Kier molecular flexibility index (Phi) is 6.11. The van der Waals surface area contributed by atoms with E-state index in [0.717, 1.165) is 25.1 Å². The molecule has 0 aliphatic rings. The van der Waals surface area contributed by atoms with Crippen molar-refractivity contribution in [2.24, 2.45) is 5.73 Å². The minimum absolute atomic E-state index is 0.166. The Morgan fingerprint density at radius 1 is 1.41 bits per heavy atom. The predicted octanol–water partition coefficient (Wildman–Crippen LogP) is 1.75. The molecular formula is C13H21FN2O. The van der Waals surface area contributed by atoms with Gasteiger partial charge in [0.05, 0.1) is 0 Å². The summed E-state index contributed by atoms with van der Waals surface area (Å²) < 4.78 is 18.5. The van der Waals surface area contributed by atoms with Crippen LogP contribution in [0.1, 0.15) is 17.5 Å². The summed E-state index contributed by atoms with van der Waals surface area (Å²) in [4.78, 5) is 2.08. The molecule has 0 aliphatic carbocycles. The second-order valence-corrected chi connectivity index (χ2v) is 4.21. The van der Waals surface area contributed by atoms with Gasteiger partial charge in [0.2, 0.25) is 0 Å². The van der Waals surface area contributed by atoms with Gasteiger partial charge < -0.3 is 15.4 Å². The van der Waals surface area contributed by atoms with Crippen molar-refractivity contribution in [3.63, 3.8) is 0 Å². The number of benzene rings is 1. The Morgan fingerprint density at radius 3 is 2.82 bits per heavy atom. The Hall–Kier alpha value is -0.970. The van der Waals surface area contributed by atoms with Crippen LogP contribution in [0.3, 0.4) is 0 Å². The summed E-state index contributed by atoms with van der Waals surface area (Å²) in [6.07, 6.45) is 0.950. The zero-order valence-electron chi connectivity index (χ0n) is 10.6. The highest BCUT2D eigenvalue weighted by Crippen LogP contribution is 2.12. The van der Waals surface area contributed by atoms with E-state index in [1.165, 1.54) is 6.07 Å². The van der Waals surface area contributed by atoms with E-state index in [9.17, 15) is 4.39 Å². The minimum Gasteiger partial charge on any atom is -0.385 e. The van der Waals surface area contributed by atoms with Crippen molar-refractivity contribution >= 4 is 0 Å². The summed E-state index contributed by atoms with van der Waals surface area (Å²) in [5.41, 5.74) is 7.21.